The van der Waals surface area contributed by atoms with Crippen LogP contribution in [0.25, 0.3) is 22.2 Å². The first-order valence-corrected chi connectivity index (χ1v) is 10.0. The van der Waals surface area contributed by atoms with Crippen molar-refractivity contribution in [1.82, 2.24) is 24.5 Å². The predicted molar refractivity (Wildman–Crippen MR) is 96.7 cm³/mol. The Kier molecular flexibility index (Phi) is 3.97. The van der Waals surface area contributed by atoms with Crippen molar-refractivity contribution in [3.05, 3.63) is 30.9 Å². The lowest BCUT2D eigenvalue weighted by molar-refractivity contribution is 0.329. The van der Waals surface area contributed by atoms with Crippen LogP contribution in [0.15, 0.2) is 30.9 Å². The molecule has 9 heteroatoms. The number of aromatic amines is 2. The van der Waals surface area contributed by atoms with Crippen molar-refractivity contribution in [3.63, 3.8) is 0 Å². The van der Waals surface area contributed by atoms with Crippen LogP contribution in [0.5, 0.6) is 0 Å². The van der Waals surface area contributed by atoms with Crippen LogP contribution < -0.4 is 5.32 Å². The Balaban J connectivity index is 1.71. The highest BCUT2D eigenvalue weighted by atomic mass is 32.2. The van der Waals surface area contributed by atoms with E-state index < -0.39 is 10.0 Å². The Morgan fingerprint density at radius 1 is 1.36 bits per heavy atom. The van der Waals surface area contributed by atoms with Gasteiger partial charge in [-0.25, -0.2) is 17.7 Å². The zero-order chi connectivity index (χ0) is 17.4. The number of pyridine rings is 1. The van der Waals surface area contributed by atoms with E-state index in [1.807, 2.05) is 24.7 Å². The maximum atomic E-state index is 11.9. The highest BCUT2D eigenvalue weighted by Gasteiger charge is 2.27. The molecule has 0 aromatic carbocycles. The van der Waals surface area contributed by atoms with Crippen molar-refractivity contribution in [3.8, 4) is 11.1 Å². The number of nitrogens with one attached hydrogen (secondary N) is 3. The van der Waals surface area contributed by atoms with Gasteiger partial charge in [0.15, 0.2) is 0 Å². The van der Waals surface area contributed by atoms with Crippen molar-refractivity contribution in [1.29, 1.82) is 0 Å². The van der Waals surface area contributed by atoms with Gasteiger partial charge in [0.05, 0.1) is 18.1 Å². The fraction of sp³-hybridized carbons (Fsp3) is 0.375. The standard InChI is InChI=1S/C16H20N6O2S/c1-25(23,24)22-6-2-3-12(10-22)21-15-13-4-5-17-16(13)18-9-14(15)11-7-19-20-8-11/h4-5,7-9,12H,2-3,6,10H2,1H3,(H,19,20)(H2,17,18,21)/t12-/m0/s1. The van der Waals surface area contributed by atoms with Gasteiger partial charge in [0, 0.05) is 54.2 Å². The maximum Gasteiger partial charge on any atom is 0.211 e. The smallest absolute Gasteiger partial charge is 0.211 e. The molecule has 1 saturated heterocycles. The highest BCUT2D eigenvalue weighted by molar-refractivity contribution is 7.88. The summed E-state index contributed by atoms with van der Waals surface area (Å²) in [7, 11) is -3.18. The van der Waals surface area contributed by atoms with E-state index in [0.717, 1.165) is 40.7 Å². The lowest BCUT2D eigenvalue weighted by Crippen LogP contribution is -2.44. The SMILES string of the molecule is CS(=O)(=O)N1CCC[C@H](Nc2c(-c3cn[nH]c3)cnc3[nH]ccc23)C1. The number of sulfonamides is 1. The second-order valence-electron chi connectivity index (χ2n) is 6.38. The quantitative estimate of drug-likeness (QED) is 0.657. The molecule has 0 radical (unpaired) electrons. The summed E-state index contributed by atoms with van der Waals surface area (Å²) >= 11 is 0. The molecule has 0 unspecified atom stereocenters. The Bertz CT molecular complexity index is 979. The van der Waals surface area contributed by atoms with Crippen LogP contribution >= 0.6 is 0 Å². The summed E-state index contributed by atoms with van der Waals surface area (Å²) < 4.78 is 25.3. The van der Waals surface area contributed by atoms with Crippen molar-refractivity contribution >= 4 is 26.7 Å². The fourth-order valence-electron chi connectivity index (χ4n) is 3.35. The topological polar surface area (TPSA) is 107 Å². The van der Waals surface area contributed by atoms with Crippen LogP contribution in [-0.2, 0) is 10.0 Å². The van der Waals surface area contributed by atoms with Gasteiger partial charge in [-0.15, -0.1) is 0 Å². The maximum absolute atomic E-state index is 11.9. The molecule has 1 fully saturated rings. The Morgan fingerprint density at radius 2 is 2.24 bits per heavy atom. The molecule has 8 nitrogen and oxygen atoms in total. The molecule has 0 aliphatic carbocycles. The van der Waals surface area contributed by atoms with E-state index in [4.69, 9.17) is 0 Å². The van der Waals surface area contributed by atoms with Crippen LogP contribution in [0.3, 0.4) is 0 Å². The van der Waals surface area contributed by atoms with Crippen molar-refractivity contribution in [2.45, 2.75) is 18.9 Å². The van der Waals surface area contributed by atoms with E-state index in [9.17, 15) is 8.42 Å². The van der Waals surface area contributed by atoms with Gasteiger partial charge in [-0.05, 0) is 18.9 Å². The third-order valence-corrected chi connectivity index (χ3v) is 5.87. The van der Waals surface area contributed by atoms with Gasteiger partial charge in [-0.2, -0.15) is 5.10 Å². The number of piperidine rings is 1. The lowest BCUT2D eigenvalue weighted by atomic mass is 10.0. The van der Waals surface area contributed by atoms with E-state index in [0.29, 0.717) is 13.1 Å². The normalized spacial score (nSPS) is 19.3. The van der Waals surface area contributed by atoms with Gasteiger partial charge >= 0.3 is 0 Å². The molecule has 4 rings (SSSR count). The van der Waals surface area contributed by atoms with Crippen LogP contribution in [-0.4, -0.2) is 58.3 Å². The molecule has 1 atom stereocenters. The van der Waals surface area contributed by atoms with E-state index in [2.05, 4.69) is 25.5 Å². The number of hydrogen-bond acceptors (Lipinski definition) is 5. The van der Waals surface area contributed by atoms with Crippen LogP contribution in [0, 0.1) is 0 Å². The second kappa shape index (κ2) is 6.16. The molecule has 0 bridgehead atoms. The summed E-state index contributed by atoms with van der Waals surface area (Å²) in [5.41, 5.74) is 3.63. The molecular weight excluding hydrogens is 340 g/mol. The molecule has 4 heterocycles. The van der Waals surface area contributed by atoms with Gasteiger partial charge in [-0.1, -0.05) is 0 Å². The lowest BCUT2D eigenvalue weighted by Gasteiger charge is -2.32. The molecule has 0 saturated carbocycles. The minimum absolute atomic E-state index is 0.0506. The molecule has 3 aromatic heterocycles. The number of anilines is 1. The van der Waals surface area contributed by atoms with Gasteiger partial charge in [0.2, 0.25) is 10.0 Å². The number of H-pyrrole nitrogens is 2. The zero-order valence-electron chi connectivity index (χ0n) is 13.9. The molecule has 25 heavy (non-hydrogen) atoms. The summed E-state index contributed by atoms with van der Waals surface area (Å²) in [5, 5.41) is 11.4. The minimum Gasteiger partial charge on any atom is -0.380 e. The number of rotatable bonds is 4. The highest BCUT2D eigenvalue weighted by Crippen LogP contribution is 2.34. The molecule has 3 N–H and O–H groups in total. The number of nitrogens with zero attached hydrogens (tertiary/aromatic N) is 3. The van der Waals surface area contributed by atoms with Crippen molar-refractivity contribution in [2.75, 3.05) is 24.7 Å². The number of hydrogen-bond donors (Lipinski definition) is 3. The van der Waals surface area contributed by atoms with E-state index in [-0.39, 0.29) is 6.04 Å². The van der Waals surface area contributed by atoms with Gasteiger partial charge < -0.3 is 10.3 Å². The molecule has 1 aliphatic rings. The average Bonchev–Trinajstić information content (AvgIpc) is 3.26. The predicted octanol–water partition coefficient (Wildman–Crippen LogP) is 1.79. The average molecular weight is 360 g/mol. The molecule has 1 aliphatic heterocycles. The van der Waals surface area contributed by atoms with E-state index in [1.165, 1.54) is 6.26 Å². The summed E-state index contributed by atoms with van der Waals surface area (Å²) in [6.45, 7) is 1.05. The monoisotopic (exact) mass is 360 g/mol. The Morgan fingerprint density at radius 3 is 3.00 bits per heavy atom. The number of aromatic nitrogens is 4. The van der Waals surface area contributed by atoms with Gasteiger partial charge in [-0.3, -0.25) is 5.10 Å². The molecule has 0 amide bonds. The summed E-state index contributed by atoms with van der Waals surface area (Å²) in [6, 6.07) is 2.03. The van der Waals surface area contributed by atoms with Crippen LogP contribution in [0.2, 0.25) is 0 Å². The summed E-state index contributed by atoms with van der Waals surface area (Å²) in [5.74, 6) is 0. The molecule has 0 spiro atoms. The second-order valence-corrected chi connectivity index (χ2v) is 8.36. The van der Waals surface area contributed by atoms with Crippen molar-refractivity contribution < 1.29 is 8.42 Å². The number of fused-ring (bicyclic) bond motifs is 1. The molecule has 3 aromatic rings. The van der Waals surface area contributed by atoms with E-state index in [1.54, 1.807) is 10.5 Å². The van der Waals surface area contributed by atoms with Gasteiger partial charge in [0.25, 0.3) is 0 Å². The Labute approximate surface area is 145 Å². The molecular formula is C16H20N6O2S. The fourth-order valence-corrected chi connectivity index (χ4v) is 4.26. The first-order valence-electron chi connectivity index (χ1n) is 8.19. The first-order chi connectivity index (χ1) is 12.0. The molecule has 132 valence electrons. The van der Waals surface area contributed by atoms with Gasteiger partial charge in [0.1, 0.15) is 5.65 Å². The Hall–Kier alpha value is -2.39. The first kappa shape index (κ1) is 16.1. The summed E-state index contributed by atoms with van der Waals surface area (Å²) in [6.07, 6.45) is 10.3. The van der Waals surface area contributed by atoms with E-state index >= 15 is 0 Å². The minimum atomic E-state index is -3.18. The third kappa shape index (κ3) is 3.12. The summed E-state index contributed by atoms with van der Waals surface area (Å²) in [4.78, 5) is 7.58. The van der Waals surface area contributed by atoms with Crippen molar-refractivity contribution in [2.24, 2.45) is 0 Å². The zero-order valence-corrected chi connectivity index (χ0v) is 14.7. The van der Waals surface area contributed by atoms with Crippen LogP contribution in [0.1, 0.15) is 12.8 Å². The van der Waals surface area contributed by atoms with Crippen LogP contribution in [0.4, 0.5) is 5.69 Å². The largest absolute Gasteiger partial charge is 0.380 e. The third-order valence-electron chi connectivity index (χ3n) is 4.60.